The standard InChI is InChI=1S/C20H30N2O/c1-5-8-17-13-16(4)20(23)18(14-17)15-21-11-9-19(10-12-21)22(6-2)7-3/h13-14,19,23H,6-7,9-12,15H2,1-4H3. The summed E-state index contributed by atoms with van der Waals surface area (Å²) in [4.78, 5) is 5.02. The van der Waals surface area contributed by atoms with Crippen LogP contribution in [0.1, 0.15) is 50.3 Å². The van der Waals surface area contributed by atoms with Crippen molar-refractivity contribution in [2.75, 3.05) is 26.2 Å². The number of benzene rings is 1. The molecule has 0 radical (unpaired) electrons. The highest BCUT2D eigenvalue weighted by Gasteiger charge is 2.23. The second-order valence-electron chi connectivity index (χ2n) is 6.40. The Morgan fingerprint density at radius 1 is 1.22 bits per heavy atom. The minimum Gasteiger partial charge on any atom is -0.507 e. The lowest BCUT2D eigenvalue weighted by Crippen LogP contribution is -2.44. The molecule has 2 rings (SSSR count). The molecule has 1 aromatic rings. The van der Waals surface area contributed by atoms with Gasteiger partial charge in [0, 0.05) is 23.7 Å². The van der Waals surface area contributed by atoms with Crippen LogP contribution < -0.4 is 0 Å². The Labute approximate surface area is 141 Å². The summed E-state index contributed by atoms with van der Waals surface area (Å²) in [5, 5.41) is 10.4. The van der Waals surface area contributed by atoms with E-state index in [2.05, 4.69) is 35.5 Å². The maximum atomic E-state index is 10.4. The van der Waals surface area contributed by atoms with Gasteiger partial charge in [0.15, 0.2) is 0 Å². The summed E-state index contributed by atoms with van der Waals surface area (Å²) in [6, 6.07) is 4.71. The van der Waals surface area contributed by atoms with Crippen molar-refractivity contribution in [3.63, 3.8) is 0 Å². The quantitative estimate of drug-likeness (QED) is 0.844. The molecule has 1 saturated heterocycles. The predicted molar refractivity (Wildman–Crippen MR) is 96.6 cm³/mol. The number of rotatable bonds is 5. The average Bonchev–Trinajstić information content (AvgIpc) is 2.55. The molecule has 1 aromatic carbocycles. The summed E-state index contributed by atoms with van der Waals surface area (Å²) >= 11 is 0. The lowest BCUT2D eigenvalue weighted by molar-refractivity contribution is 0.112. The van der Waals surface area contributed by atoms with Crippen molar-refractivity contribution in [3.8, 4) is 17.6 Å². The molecule has 1 aliphatic heterocycles. The highest BCUT2D eigenvalue weighted by molar-refractivity contribution is 5.48. The van der Waals surface area contributed by atoms with Gasteiger partial charge in [-0.05, 0) is 70.6 Å². The van der Waals surface area contributed by atoms with E-state index < -0.39 is 0 Å². The van der Waals surface area contributed by atoms with E-state index in [1.54, 1.807) is 0 Å². The van der Waals surface area contributed by atoms with Gasteiger partial charge in [-0.25, -0.2) is 0 Å². The number of hydrogen-bond acceptors (Lipinski definition) is 3. The molecule has 1 heterocycles. The van der Waals surface area contributed by atoms with E-state index in [1.165, 1.54) is 12.8 Å². The van der Waals surface area contributed by atoms with Crippen LogP contribution in [0.5, 0.6) is 5.75 Å². The first kappa shape index (κ1) is 17.8. The van der Waals surface area contributed by atoms with Crippen LogP contribution in [-0.4, -0.2) is 47.1 Å². The highest BCUT2D eigenvalue weighted by atomic mass is 16.3. The van der Waals surface area contributed by atoms with Crippen LogP contribution in [0.15, 0.2) is 12.1 Å². The molecule has 0 unspecified atom stereocenters. The van der Waals surface area contributed by atoms with E-state index in [4.69, 9.17) is 0 Å². The number of phenols is 1. The third kappa shape index (κ3) is 4.50. The van der Waals surface area contributed by atoms with Crippen molar-refractivity contribution in [2.45, 2.75) is 53.1 Å². The molecule has 0 aromatic heterocycles. The Hall–Kier alpha value is -1.50. The van der Waals surface area contributed by atoms with Crippen molar-refractivity contribution < 1.29 is 5.11 Å². The summed E-state index contributed by atoms with van der Waals surface area (Å²) in [6.45, 7) is 13.6. The molecule has 1 fully saturated rings. The number of aromatic hydroxyl groups is 1. The largest absolute Gasteiger partial charge is 0.507 e. The van der Waals surface area contributed by atoms with E-state index in [0.717, 1.165) is 49.4 Å². The summed E-state index contributed by atoms with van der Waals surface area (Å²) < 4.78 is 0. The molecule has 0 aliphatic carbocycles. The molecule has 0 bridgehead atoms. The molecule has 3 nitrogen and oxygen atoms in total. The second kappa shape index (κ2) is 8.38. The van der Waals surface area contributed by atoms with Gasteiger partial charge in [0.25, 0.3) is 0 Å². The van der Waals surface area contributed by atoms with Gasteiger partial charge in [-0.2, -0.15) is 0 Å². The van der Waals surface area contributed by atoms with Crippen LogP contribution in [0, 0.1) is 18.8 Å². The second-order valence-corrected chi connectivity index (χ2v) is 6.40. The number of phenolic OH excluding ortho intramolecular Hbond substituents is 1. The van der Waals surface area contributed by atoms with Crippen LogP contribution >= 0.6 is 0 Å². The molecule has 0 saturated carbocycles. The van der Waals surface area contributed by atoms with E-state index in [0.29, 0.717) is 11.8 Å². The molecule has 1 N–H and O–H groups in total. The third-order valence-corrected chi connectivity index (χ3v) is 4.93. The topological polar surface area (TPSA) is 26.7 Å². The normalized spacial score (nSPS) is 16.4. The predicted octanol–water partition coefficient (Wildman–Crippen LogP) is 3.38. The van der Waals surface area contributed by atoms with Gasteiger partial charge in [-0.1, -0.05) is 19.8 Å². The summed E-state index contributed by atoms with van der Waals surface area (Å²) in [5.74, 6) is 6.47. The maximum Gasteiger partial charge on any atom is 0.123 e. The van der Waals surface area contributed by atoms with Crippen molar-refractivity contribution in [1.29, 1.82) is 0 Å². The summed E-state index contributed by atoms with van der Waals surface area (Å²) in [7, 11) is 0. The van der Waals surface area contributed by atoms with E-state index in [9.17, 15) is 5.11 Å². The Kier molecular flexibility index (Phi) is 6.50. The van der Waals surface area contributed by atoms with Crippen LogP contribution in [0.4, 0.5) is 0 Å². The average molecular weight is 314 g/mol. The zero-order valence-electron chi connectivity index (χ0n) is 15.0. The molecule has 0 atom stereocenters. The van der Waals surface area contributed by atoms with Gasteiger partial charge < -0.3 is 10.0 Å². The Balaban J connectivity index is 2.02. The Morgan fingerprint density at radius 3 is 2.43 bits per heavy atom. The minimum atomic E-state index is 0.428. The molecule has 126 valence electrons. The summed E-state index contributed by atoms with van der Waals surface area (Å²) in [5.41, 5.74) is 2.91. The molecule has 23 heavy (non-hydrogen) atoms. The lowest BCUT2D eigenvalue weighted by Gasteiger charge is -2.37. The highest BCUT2D eigenvalue weighted by Crippen LogP contribution is 2.26. The lowest BCUT2D eigenvalue weighted by atomic mass is 10.0. The van der Waals surface area contributed by atoms with Crippen LogP contribution in [0.3, 0.4) is 0 Å². The first-order chi connectivity index (χ1) is 11.1. The van der Waals surface area contributed by atoms with Crippen molar-refractivity contribution >= 4 is 0 Å². The van der Waals surface area contributed by atoms with Gasteiger partial charge >= 0.3 is 0 Å². The van der Waals surface area contributed by atoms with Gasteiger partial charge in [0.1, 0.15) is 5.75 Å². The Bertz CT molecular complexity index is 573. The smallest absolute Gasteiger partial charge is 0.123 e. The first-order valence-electron chi connectivity index (χ1n) is 8.80. The van der Waals surface area contributed by atoms with Crippen molar-refractivity contribution in [3.05, 3.63) is 28.8 Å². The molecular weight excluding hydrogens is 284 g/mol. The first-order valence-corrected chi connectivity index (χ1v) is 8.80. The fourth-order valence-electron chi connectivity index (χ4n) is 3.61. The minimum absolute atomic E-state index is 0.428. The third-order valence-electron chi connectivity index (χ3n) is 4.93. The molecular formula is C20H30N2O. The summed E-state index contributed by atoms with van der Waals surface area (Å²) in [6.07, 6.45) is 2.44. The zero-order chi connectivity index (χ0) is 16.8. The number of piperidine rings is 1. The van der Waals surface area contributed by atoms with Gasteiger partial charge in [0.05, 0.1) is 0 Å². The van der Waals surface area contributed by atoms with E-state index in [1.807, 2.05) is 26.0 Å². The van der Waals surface area contributed by atoms with Gasteiger partial charge in [-0.15, -0.1) is 5.92 Å². The SMILES string of the molecule is CC#Cc1cc(C)c(O)c(CN2CCC(N(CC)CC)CC2)c1. The van der Waals surface area contributed by atoms with Crippen LogP contribution in [0.25, 0.3) is 0 Å². The Morgan fingerprint density at radius 2 is 1.87 bits per heavy atom. The van der Waals surface area contributed by atoms with Crippen molar-refractivity contribution in [1.82, 2.24) is 9.80 Å². The monoisotopic (exact) mass is 314 g/mol. The van der Waals surface area contributed by atoms with E-state index >= 15 is 0 Å². The van der Waals surface area contributed by atoms with Gasteiger partial charge in [-0.3, -0.25) is 4.90 Å². The number of hydrogen-bond donors (Lipinski definition) is 1. The van der Waals surface area contributed by atoms with Crippen molar-refractivity contribution in [2.24, 2.45) is 0 Å². The molecule has 3 heteroatoms. The van der Waals surface area contributed by atoms with E-state index in [-0.39, 0.29) is 0 Å². The van der Waals surface area contributed by atoms with Crippen LogP contribution in [-0.2, 0) is 6.54 Å². The zero-order valence-corrected chi connectivity index (χ0v) is 15.0. The van der Waals surface area contributed by atoms with Crippen LogP contribution in [0.2, 0.25) is 0 Å². The maximum absolute atomic E-state index is 10.4. The molecule has 0 amide bonds. The number of aryl methyl sites for hydroxylation is 1. The fourth-order valence-corrected chi connectivity index (χ4v) is 3.61. The fraction of sp³-hybridized carbons (Fsp3) is 0.600. The number of likely N-dealkylation sites (tertiary alicyclic amines) is 1. The number of nitrogens with zero attached hydrogens (tertiary/aromatic N) is 2. The molecule has 1 aliphatic rings. The van der Waals surface area contributed by atoms with Gasteiger partial charge in [0.2, 0.25) is 0 Å². The molecule has 0 spiro atoms.